The number of rotatable bonds is 4. The van der Waals surface area contributed by atoms with Crippen molar-refractivity contribution in [2.75, 3.05) is 31.7 Å². The molecule has 2 aliphatic heterocycles. The van der Waals surface area contributed by atoms with E-state index in [4.69, 9.17) is 14.2 Å². The van der Waals surface area contributed by atoms with Crippen LogP contribution in [0.2, 0.25) is 0 Å². The zero-order chi connectivity index (χ0) is 15.5. The van der Waals surface area contributed by atoms with Gasteiger partial charge in [0.25, 0.3) is 0 Å². The first-order valence-electron chi connectivity index (χ1n) is 7.67. The lowest BCUT2D eigenvalue weighted by Gasteiger charge is -2.35. The van der Waals surface area contributed by atoms with Crippen molar-refractivity contribution in [3.05, 3.63) is 18.2 Å². The molecule has 1 amide bonds. The first kappa shape index (κ1) is 15.1. The number of ether oxygens (including phenoxy) is 3. The van der Waals surface area contributed by atoms with Gasteiger partial charge in [0, 0.05) is 37.8 Å². The van der Waals surface area contributed by atoms with Gasteiger partial charge in [-0.05, 0) is 26.0 Å². The van der Waals surface area contributed by atoms with E-state index >= 15 is 0 Å². The Kier molecular flexibility index (Phi) is 4.49. The molecule has 1 N–H and O–H groups in total. The van der Waals surface area contributed by atoms with Crippen molar-refractivity contribution in [2.24, 2.45) is 0 Å². The molecule has 120 valence electrons. The van der Waals surface area contributed by atoms with E-state index in [0.29, 0.717) is 17.9 Å². The molecule has 0 unspecified atom stereocenters. The highest BCUT2D eigenvalue weighted by molar-refractivity contribution is 5.91. The Labute approximate surface area is 130 Å². The fourth-order valence-electron chi connectivity index (χ4n) is 2.92. The van der Waals surface area contributed by atoms with Crippen LogP contribution in [0.15, 0.2) is 18.2 Å². The fraction of sp³-hybridized carbons (Fsp3) is 0.562. The first-order chi connectivity index (χ1) is 10.6. The molecule has 0 aliphatic carbocycles. The first-order valence-corrected chi connectivity index (χ1v) is 7.67. The quantitative estimate of drug-likeness (QED) is 0.920. The Balaban J connectivity index is 1.48. The van der Waals surface area contributed by atoms with Crippen LogP contribution in [0.25, 0.3) is 0 Å². The molecule has 0 bridgehead atoms. The molecule has 0 saturated carbocycles. The summed E-state index contributed by atoms with van der Waals surface area (Å²) >= 11 is 0. The lowest BCUT2D eigenvalue weighted by atomic mass is 10.2. The van der Waals surface area contributed by atoms with E-state index in [9.17, 15) is 4.79 Å². The second kappa shape index (κ2) is 6.54. The highest BCUT2D eigenvalue weighted by atomic mass is 16.7. The predicted octanol–water partition coefficient (Wildman–Crippen LogP) is 1.85. The standard InChI is InChI=1S/C16H22N2O4/c1-11-8-18(9-12(2)22-11)6-5-16(19)17-13-3-4-14-15(7-13)21-10-20-14/h3-4,7,11-12H,5-6,8-10H2,1-2H3,(H,17,19)/t11-,12-/m1/s1. The van der Waals surface area contributed by atoms with E-state index in [1.807, 2.05) is 12.1 Å². The molecule has 0 aromatic heterocycles. The summed E-state index contributed by atoms with van der Waals surface area (Å²) in [6.45, 7) is 6.86. The molecule has 0 spiro atoms. The van der Waals surface area contributed by atoms with E-state index in [2.05, 4.69) is 24.1 Å². The van der Waals surface area contributed by atoms with Gasteiger partial charge >= 0.3 is 0 Å². The Morgan fingerprint density at radius 2 is 1.95 bits per heavy atom. The molecule has 1 aromatic rings. The number of hydrogen-bond acceptors (Lipinski definition) is 5. The third kappa shape index (κ3) is 3.69. The largest absolute Gasteiger partial charge is 0.454 e. The molecule has 1 aromatic carbocycles. The smallest absolute Gasteiger partial charge is 0.231 e. The lowest BCUT2D eigenvalue weighted by molar-refractivity contribution is -0.117. The van der Waals surface area contributed by atoms with Gasteiger partial charge in [0.15, 0.2) is 11.5 Å². The van der Waals surface area contributed by atoms with Crippen molar-refractivity contribution >= 4 is 11.6 Å². The van der Waals surface area contributed by atoms with Crippen LogP contribution in [0.1, 0.15) is 20.3 Å². The van der Waals surface area contributed by atoms with Gasteiger partial charge in [-0.25, -0.2) is 0 Å². The van der Waals surface area contributed by atoms with Crippen molar-refractivity contribution in [1.29, 1.82) is 0 Å². The lowest BCUT2D eigenvalue weighted by Crippen LogP contribution is -2.46. The Morgan fingerprint density at radius 1 is 1.23 bits per heavy atom. The molecule has 6 nitrogen and oxygen atoms in total. The number of amides is 1. The van der Waals surface area contributed by atoms with Crippen LogP contribution in [0, 0.1) is 0 Å². The van der Waals surface area contributed by atoms with E-state index in [1.165, 1.54) is 0 Å². The Hall–Kier alpha value is -1.79. The fourth-order valence-corrected chi connectivity index (χ4v) is 2.92. The van der Waals surface area contributed by atoms with Crippen LogP contribution in [0.5, 0.6) is 11.5 Å². The summed E-state index contributed by atoms with van der Waals surface area (Å²) in [5.74, 6) is 1.40. The summed E-state index contributed by atoms with van der Waals surface area (Å²) in [7, 11) is 0. The summed E-state index contributed by atoms with van der Waals surface area (Å²) in [6.07, 6.45) is 0.912. The van der Waals surface area contributed by atoms with Crippen molar-refractivity contribution in [2.45, 2.75) is 32.5 Å². The third-order valence-electron chi connectivity index (χ3n) is 3.81. The monoisotopic (exact) mass is 306 g/mol. The molecule has 3 rings (SSSR count). The highest BCUT2D eigenvalue weighted by Gasteiger charge is 2.22. The number of carbonyl (C=O) groups excluding carboxylic acids is 1. The molecule has 1 fully saturated rings. The number of hydrogen-bond donors (Lipinski definition) is 1. The summed E-state index contributed by atoms with van der Waals surface area (Å²) < 4.78 is 16.2. The normalized spacial score (nSPS) is 24.3. The van der Waals surface area contributed by atoms with Crippen molar-refractivity contribution in [3.8, 4) is 11.5 Å². The second-order valence-corrected chi connectivity index (χ2v) is 5.88. The minimum atomic E-state index is 0.00524. The van der Waals surface area contributed by atoms with Crippen LogP contribution in [-0.4, -0.2) is 49.4 Å². The molecular formula is C16H22N2O4. The molecule has 0 radical (unpaired) electrons. The average molecular weight is 306 g/mol. The van der Waals surface area contributed by atoms with Crippen LogP contribution in [0.3, 0.4) is 0 Å². The Bertz CT molecular complexity index is 539. The molecular weight excluding hydrogens is 284 g/mol. The second-order valence-electron chi connectivity index (χ2n) is 5.88. The summed E-state index contributed by atoms with van der Waals surface area (Å²) in [4.78, 5) is 14.4. The minimum absolute atomic E-state index is 0.00524. The van der Waals surface area contributed by atoms with Crippen LogP contribution in [-0.2, 0) is 9.53 Å². The number of nitrogens with one attached hydrogen (secondary N) is 1. The van der Waals surface area contributed by atoms with Gasteiger partial charge in [0.1, 0.15) is 0 Å². The van der Waals surface area contributed by atoms with Gasteiger partial charge in [-0.3, -0.25) is 9.69 Å². The summed E-state index contributed by atoms with van der Waals surface area (Å²) in [5.41, 5.74) is 0.734. The van der Waals surface area contributed by atoms with Gasteiger partial charge in [-0.2, -0.15) is 0 Å². The van der Waals surface area contributed by atoms with Crippen molar-refractivity contribution < 1.29 is 19.0 Å². The SMILES string of the molecule is C[C@@H]1CN(CCC(=O)Nc2ccc3c(c2)OCO3)C[C@@H](C)O1. The molecule has 2 aliphatic rings. The van der Waals surface area contributed by atoms with E-state index < -0.39 is 0 Å². The van der Waals surface area contributed by atoms with Gasteiger partial charge in [-0.1, -0.05) is 0 Å². The van der Waals surface area contributed by atoms with Crippen molar-refractivity contribution in [1.82, 2.24) is 4.90 Å². The van der Waals surface area contributed by atoms with E-state index in [0.717, 1.165) is 25.3 Å². The van der Waals surface area contributed by atoms with Crippen LogP contribution in [0.4, 0.5) is 5.69 Å². The molecule has 22 heavy (non-hydrogen) atoms. The van der Waals surface area contributed by atoms with Crippen LogP contribution < -0.4 is 14.8 Å². The van der Waals surface area contributed by atoms with E-state index in [-0.39, 0.29) is 24.9 Å². The maximum atomic E-state index is 12.1. The summed E-state index contributed by atoms with van der Waals surface area (Å²) in [5, 5.41) is 2.90. The van der Waals surface area contributed by atoms with E-state index in [1.54, 1.807) is 6.07 Å². The van der Waals surface area contributed by atoms with Gasteiger partial charge < -0.3 is 19.5 Å². The zero-order valence-electron chi connectivity index (χ0n) is 13.0. The predicted molar refractivity (Wildman–Crippen MR) is 82.3 cm³/mol. The number of nitrogens with zero attached hydrogens (tertiary/aromatic N) is 1. The maximum absolute atomic E-state index is 12.1. The molecule has 1 saturated heterocycles. The number of carbonyl (C=O) groups is 1. The third-order valence-corrected chi connectivity index (χ3v) is 3.81. The molecule has 2 atom stereocenters. The average Bonchev–Trinajstić information content (AvgIpc) is 2.92. The minimum Gasteiger partial charge on any atom is -0.454 e. The van der Waals surface area contributed by atoms with Crippen molar-refractivity contribution in [3.63, 3.8) is 0 Å². The number of anilines is 1. The van der Waals surface area contributed by atoms with Gasteiger partial charge in [0.05, 0.1) is 12.2 Å². The summed E-state index contributed by atoms with van der Waals surface area (Å²) in [6, 6.07) is 5.42. The number of morpholine rings is 1. The topological polar surface area (TPSA) is 60.0 Å². The highest BCUT2D eigenvalue weighted by Crippen LogP contribution is 2.34. The number of fused-ring (bicyclic) bond motifs is 1. The van der Waals surface area contributed by atoms with Gasteiger partial charge in [-0.15, -0.1) is 0 Å². The number of benzene rings is 1. The molecule has 2 heterocycles. The maximum Gasteiger partial charge on any atom is 0.231 e. The molecule has 6 heteroatoms. The zero-order valence-corrected chi connectivity index (χ0v) is 13.0. The Morgan fingerprint density at radius 3 is 2.73 bits per heavy atom. The van der Waals surface area contributed by atoms with Gasteiger partial charge in [0.2, 0.25) is 12.7 Å². The van der Waals surface area contributed by atoms with Crippen LogP contribution >= 0.6 is 0 Å².